The minimum absolute atomic E-state index is 0.184. The highest BCUT2D eigenvalue weighted by Crippen LogP contribution is 2.23. The third-order valence-corrected chi connectivity index (χ3v) is 5.28. The van der Waals surface area contributed by atoms with Crippen LogP contribution in [0, 0.1) is 6.92 Å². The third kappa shape index (κ3) is 4.11. The second-order valence-corrected chi connectivity index (χ2v) is 7.11. The van der Waals surface area contributed by atoms with Crippen molar-refractivity contribution in [1.82, 2.24) is 4.57 Å². The monoisotopic (exact) mass is 382 g/mol. The molecule has 1 amide bonds. The molecule has 1 heterocycles. The molecule has 0 bridgehead atoms. The zero-order valence-corrected chi connectivity index (χ0v) is 16.5. The molecule has 0 radical (unpaired) electrons. The predicted molar refractivity (Wildman–Crippen MR) is 109 cm³/mol. The Morgan fingerprint density at radius 2 is 2.04 bits per heavy atom. The lowest BCUT2D eigenvalue weighted by molar-refractivity contribution is -0.117. The second kappa shape index (κ2) is 8.22. The Morgan fingerprint density at radius 3 is 2.70 bits per heavy atom. The van der Waals surface area contributed by atoms with E-state index < -0.39 is 0 Å². The van der Waals surface area contributed by atoms with Gasteiger partial charge in [0.25, 0.3) is 5.91 Å². The van der Waals surface area contributed by atoms with Crippen LogP contribution in [-0.4, -0.2) is 24.7 Å². The summed E-state index contributed by atoms with van der Waals surface area (Å²) in [5.41, 5.74) is 2.92. The minimum Gasteiger partial charge on any atom is -0.497 e. The number of aromatic nitrogens is 1. The lowest BCUT2D eigenvalue weighted by Crippen LogP contribution is -2.16. The number of nitrogens with zero attached hydrogens (tertiary/aromatic N) is 2. The van der Waals surface area contributed by atoms with Gasteiger partial charge in [-0.05, 0) is 42.3 Å². The molecule has 0 unspecified atom stereocenters. The number of thiazole rings is 1. The van der Waals surface area contributed by atoms with E-state index in [1.807, 2.05) is 47.9 Å². The van der Waals surface area contributed by atoms with Gasteiger partial charge in [-0.2, -0.15) is 4.99 Å². The van der Waals surface area contributed by atoms with Crippen molar-refractivity contribution < 1.29 is 14.3 Å². The van der Waals surface area contributed by atoms with Crippen molar-refractivity contribution >= 4 is 27.5 Å². The van der Waals surface area contributed by atoms with Crippen LogP contribution in [0.15, 0.2) is 54.0 Å². The highest BCUT2D eigenvalue weighted by Gasteiger charge is 2.09. The molecule has 0 saturated heterocycles. The number of carbonyl (C=O) groups excluding carboxylic acids is 1. The number of carbonyl (C=O) groups is 1. The summed E-state index contributed by atoms with van der Waals surface area (Å²) >= 11 is 1.47. The van der Waals surface area contributed by atoms with Gasteiger partial charge >= 0.3 is 0 Å². The van der Waals surface area contributed by atoms with E-state index in [4.69, 9.17) is 9.47 Å². The van der Waals surface area contributed by atoms with E-state index >= 15 is 0 Å². The highest BCUT2D eigenvalue weighted by molar-refractivity contribution is 7.16. The average molecular weight is 382 g/mol. The number of fused-ring (bicyclic) bond motifs is 1. The van der Waals surface area contributed by atoms with E-state index in [2.05, 4.69) is 11.6 Å². The maximum atomic E-state index is 12.5. The summed E-state index contributed by atoms with van der Waals surface area (Å²) in [5.74, 6) is 1.41. The zero-order chi connectivity index (χ0) is 19.4. The van der Waals surface area contributed by atoms with Crippen molar-refractivity contribution in [3.8, 4) is 11.5 Å². The molecule has 2 aromatic carbocycles. The molecule has 3 rings (SSSR count). The Labute approximate surface area is 162 Å². The summed E-state index contributed by atoms with van der Waals surface area (Å²) in [5, 5.41) is 0. The average Bonchev–Trinajstić information content (AvgIpc) is 2.98. The van der Waals surface area contributed by atoms with Gasteiger partial charge in [-0.3, -0.25) is 4.79 Å². The predicted octanol–water partition coefficient (Wildman–Crippen LogP) is 3.88. The van der Waals surface area contributed by atoms with Crippen LogP contribution in [0.5, 0.6) is 11.5 Å². The van der Waals surface area contributed by atoms with Crippen molar-refractivity contribution in [3.05, 3.63) is 65.0 Å². The molecule has 3 aromatic rings. The highest BCUT2D eigenvalue weighted by atomic mass is 32.1. The van der Waals surface area contributed by atoms with E-state index in [-0.39, 0.29) is 12.3 Å². The number of ether oxygens (including phenoxy) is 2. The van der Waals surface area contributed by atoms with E-state index in [0.29, 0.717) is 11.3 Å². The molecule has 1 aromatic heterocycles. The first-order valence-electron chi connectivity index (χ1n) is 8.55. The molecule has 6 heteroatoms. The Bertz CT molecular complexity index is 1060. The van der Waals surface area contributed by atoms with Crippen LogP contribution < -0.4 is 14.3 Å². The first kappa shape index (κ1) is 18.9. The number of benzene rings is 2. The molecule has 0 fully saturated rings. The maximum absolute atomic E-state index is 12.5. The molecule has 27 heavy (non-hydrogen) atoms. The lowest BCUT2D eigenvalue weighted by atomic mass is 10.1. The Balaban J connectivity index is 1.96. The Kier molecular flexibility index (Phi) is 5.76. The number of allylic oxidation sites excluding steroid dienone is 1. The number of aryl methyl sites for hydroxylation is 1. The van der Waals surface area contributed by atoms with Crippen LogP contribution in [0.2, 0.25) is 0 Å². The Morgan fingerprint density at radius 1 is 1.22 bits per heavy atom. The van der Waals surface area contributed by atoms with Crippen LogP contribution >= 0.6 is 11.3 Å². The molecule has 0 aliphatic rings. The van der Waals surface area contributed by atoms with Crippen molar-refractivity contribution in [3.63, 3.8) is 0 Å². The van der Waals surface area contributed by atoms with Gasteiger partial charge < -0.3 is 14.0 Å². The van der Waals surface area contributed by atoms with E-state index in [1.165, 1.54) is 11.3 Å². The summed E-state index contributed by atoms with van der Waals surface area (Å²) in [6.07, 6.45) is 2.04. The second-order valence-electron chi connectivity index (χ2n) is 6.10. The van der Waals surface area contributed by atoms with Crippen LogP contribution in [0.3, 0.4) is 0 Å². The summed E-state index contributed by atoms with van der Waals surface area (Å²) in [6.45, 7) is 6.35. The maximum Gasteiger partial charge on any atom is 0.252 e. The Hall–Kier alpha value is -2.86. The van der Waals surface area contributed by atoms with Crippen molar-refractivity contribution in [2.24, 2.45) is 4.99 Å². The van der Waals surface area contributed by atoms with Crippen LogP contribution in [0.1, 0.15) is 11.1 Å². The van der Waals surface area contributed by atoms with Gasteiger partial charge in [-0.25, -0.2) is 0 Å². The van der Waals surface area contributed by atoms with E-state index in [1.54, 1.807) is 20.3 Å². The SMILES string of the molecule is C=CCn1c(=NC(=O)Cc2ccc(OC)c(C)c2)sc2cc(OC)ccc21. The summed E-state index contributed by atoms with van der Waals surface area (Å²) in [6, 6.07) is 11.6. The quantitative estimate of drug-likeness (QED) is 0.608. The third-order valence-electron chi connectivity index (χ3n) is 4.24. The van der Waals surface area contributed by atoms with E-state index in [9.17, 15) is 4.79 Å². The van der Waals surface area contributed by atoms with Crippen LogP contribution in [0.25, 0.3) is 10.2 Å². The fourth-order valence-electron chi connectivity index (χ4n) is 2.94. The molecule has 140 valence electrons. The van der Waals surface area contributed by atoms with E-state index in [0.717, 1.165) is 32.8 Å². The molecular weight excluding hydrogens is 360 g/mol. The fraction of sp³-hybridized carbons (Fsp3) is 0.238. The van der Waals surface area contributed by atoms with Crippen molar-refractivity contribution in [2.75, 3.05) is 14.2 Å². The summed E-state index contributed by atoms with van der Waals surface area (Å²) in [4.78, 5) is 17.6. The molecule has 0 N–H and O–H groups in total. The zero-order valence-electron chi connectivity index (χ0n) is 15.7. The largest absolute Gasteiger partial charge is 0.497 e. The summed E-state index contributed by atoms with van der Waals surface area (Å²) < 4.78 is 13.6. The molecule has 0 aliphatic carbocycles. The number of methoxy groups -OCH3 is 2. The lowest BCUT2D eigenvalue weighted by Gasteiger charge is -2.06. The summed E-state index contributed by atoms with van der Waals surface area (Å²) in [7, 11) is 3.27. The van der Waals surface area contributed by atoms with Crippen molar-refractivity contribution in [2.45, 2.75) is 19.9 Å². The van der Waals surface area contributed by atoms with Crippen LogP contribution in [0.4, 0.5) is 0 Å². The van der Waals surface area contributed by atoms with Gasteiger partial charge in [0.2, 0.25) is 0 Å². The molecular formula is C21H22N2O3S. The van der Waals surface area contributed by atoms with Gasteiger partial charge in [0.05, 0.1) is 30.9 Å². The van der Waals surface area contributed by atoms with Crippen LogP contribution in [-0.2, 0) is 17.8 Å². The van der Waals surface area contributed by atoms with Crippen molar-refractivity contribution in [1.29, 1.82) is 0 Å². The molecule has 0 saturated carbocycles. The number of rotatable bonds is 6. The number of hydrogen-bond donors (Lipinski definition) is 0. The van der Waals surface area contributed by atoms with Gasteiger partial charge in [0.1, 0.15) is 11.5 Å². The van der Waals surface area contributed by atoms with Gasteiger partial charge in [0, 0.05) is 6.54 Å². The van der Waals surface area contributed by atoms with Gasteiger partial charge in [0.15, 0.2) is 4.80 Å². The topological polar surface area (TPSA) is 52.8 Å². The van der Waals surface area contributed by atoms with Gasteiger partial charge in [-0.1, -0.05) is 29.5 Å². The van der Waals surface area contributed by atoms with Gasteiger partial charge in [-0.15, -0.1) is 6.58 Å². The molecule has 0 aliphatic heterocycles. The normalized spacial score (nSPS) is 11.6. The molecule has 5 nitrogen and oxygen atoms in total. The molecule has 0 atom stereocenters. The minimum atomic E-state index is -0.184. The number of amides is 1. The smallest absolute Gasteiger partial charge is 0.252 e. The standard InChI is InChI=1S/C21H22N2O3S/c1-5-10-23-17-8-7-16(25-3)13-19(17)27-21(23)22-20(24)12-15-6-9-18(26-4)14(2)11-15/h5-9,11,13H,1,10,12H2,2-4H3. The number of hydrogen-bond acceptors (Lipinski definition) is 4. The fourth-order valence-corrected chi connectivity index (χ4v) is 4.03. The first-order valence-corrected chi connectivity index (χ1v) is 9.36. The first-order chi connectivity index (χ1) is 13.0. The molecule has 0 spiro atoms.